The fraction of sp³-hybridized carbons (Fsp3) is 0.296. The lowest BCUT2D eigenvalue weighted by Crippen LogP contribution is -2.38. The van der Waals surface area contributed by atoms with Gasteiger partial charge in [0.1, 0.15) is 17.3 Å². The summed E-state index contributed by atoms with van der Waals surface area (Å²) in [4.78, 5) is 39.2. The molecule has 9 nitrogen and oxygen atoms in total. The lowest BCUT2D eigenvalue weighted by molar-refractivity contribution is -0.121. The highest BCUT2D eigenvalue weighted by molar-refractivity contribution is 6.02. The van der Waals surface area contributed by atoms with Gasteiger partial charge in [0.25, 0.3) is 11.8 Å². The number of nitrogens with zero attached hydrogens (tertiary/aromatic N) is 1. The molecule has 0 atom stereocenters. The first-order valence-electron chi connectivity index (χ1n) is 11.5. The Morgan fingerprint density at radius 2 is 1.92 bits per heavy atom. The predicted octanol–water partition coefficient (Wildman–Crippen LogP) is 3.46. The topological polar surface area (TPSA) is 107 Å². The first-order valence-corrected chi connectivity index (χ1v) is 11.5. The molecule has 0 saturated carbocycles. The molecule has 188 valence electrons. The van der Waals surface area contributed by atoms with E-state index in [1.807, 2.05) is 32.0 Å². The lowest BCUT2D eigenvalue weighted by Gasteiger charge is -2.29. The van der Waals surface area contributed by atoms with E-state index in [-0.39, 0.29) is 43.1 Å². The number of methoxy groups -OCH3 is 1. The van der Waals surface area contributed by atoms with Crippen LogP contribution < -0.4 is 19.7 Å². The van der Waals surface area contributed by atoms with Gasteiger partial charge in [0, 0.05) is 19.2 Å². The van der Waals surface area contributed by atoms with E-state index in [4.69, 9.17) is 18.6 Å². The van der Waals surface area contributed by atoms with E-state index in [0.29, 0.717) is 41.7 Å². The minimum atomic E-state index is -0.372. The summed E-state index contributed by atoms with van der Waals surface area (Å²) < 4.78 is 21.9. The van der Waals surface area contributed by atoms with E-state index in [0.717, 1.165) is 11.1 Å². The van der Waals surface area contributed by atoms with Crippen LogP contribution in [0.2, 0.25) is 0 Å². The molecule has 0 unspecified atom stereocenters. The molecule has 4 rings (SSSR count). The smallest absolute Gasteiger partial charge is 0.287 e. The molecule has 0 radical (unpaired) electrons. The maximum absolute atomic E-state index is 12.9. The molecule has 1 N–H and O–H groups in total. The molecule has 2 aromatic carbocycles. The molecule has 0 fully saturated rings. The summed E-state index contributed by atoms with van der Waals surface area (Å²) in [5, 5.41) is 2.68. The maximum Gasteiger partial charge on any atom is 0.287 e. The Morgan fingerprint density at radius 3 is 2.69 bits per heavy atom. The van der Waals surface area contributed by atoms with Gasteiger partial charge in [-0.25, -0.2) is 0 Å². The Hall–Kier alpha value is -4.11. The molecule has 1 aliphatic rings. The van der Waals surface area contributed by atoms with E-state index in [1.54, 1.807) is 37.4 Å². The van der Waals surface area contributed by atoms with E-state index in [9.17, 15) is 14.4 Å². The number of benzene rings is 2. The van der Waals surface area contributed by atoms with Crippen molar-refractivity contribution in [2.75, 3.05) is 38.4 Å². The Kier molecular flexibility index (Phi) is 7.70. The monoisotopic (exact) mass is 492 g/mol. The summed E-state index contributed by atoms with van der Waals surface area (Å²) in [7, 11) is 1.55. The Bertz CT molecular complexity index is 1280. The Labute approximate surface area is 208 Å². The summed E-state index contributed by atoms with van der Waals surface area (Å²) >= 11 is 0. The number of ketones is 1. The molecule has 1 aromatic heterocycles. The molecule has 0 saturated heterocycles. The van der Waals surface area contributed by atoms with Gasteiger partial charge < -0.3 is 23.9 Å². The van der Waals surface area contributed by atoms with Crippen LogP contribution in [0.15, 0.2) is 52.9 Å². The molecule has 0 bridgehead atoms. The van der Waals surface area contributed by atoms with Crippen molar-refractivity contribution >= 4 is 23.3 Å². The number of carbonyl (C=O) groups excluding carboxylic acids is 3. The van der Waals surface area contributed by atoms with Gasteiger partial charge in [0.15, 0.2) is 24.8 Å². The summed E-state index contributed by atoms with van der Waals surface area (Å²) in [6.45, 7) is 4.46. The van der Waals surface area contributed by atoms with Crippen LogP contribution in [0.25, 0.3) is 0 Å². The number of rotatable bonds is 10. The van der Waals surface area contributed by atoms with Gasteiger partial charge in [-0.05, 0) is 55.8 Å². The highest BCUT2D eigenvalue weighted by atomic mass is 16.5. The number of aryl methyl sites for hydroxylation is 2. The SMILES string of the molecule is COCCNC(=O)c1ccc(CN2C(=O)COc3ccc(C(=O)COc4ccc(C)cc4C)cc32)o1. The molecular weight excluding hydrogens is 464 g/mol. The number of nitrogens with one attached hydrogen (secondary N) is 1. The van der Waals surface area contributed by atoms with E-state index in [2.05, 4.69) is 5.32 Å². The Morgan fingerprint density at radius 1 is 1.08 bits per heavy atom. The highest BCUT2D eigenvalue weighted by Crippen LogP contribution is 2.34. The molecule has 3 aromatic rings. The van der Waals surface area contributed by atoms with Crippen LogP contribution in [0, 0.1) is 13.8 Å². The largest absolute Gasteiger partial charge is 0.485 e. The van der Waals surface area contributed by atoms with Crippen LogP contribution in [0.4, 0.5) is 5.69 Å². The molecule has 0 spiro atoms. The molecule has 9 heteroatoms. The van der Waals surface area contributed by atoms with Gasteiger partial charge in [-0.1, -0.05) is 17.7 Å². The van der Waals surface area contributed by atoms with Crippen LogP contribution in [-0.4, -0.2) is 51.1 Å². The summed E-state index contributed by atoms with van der Waals surface area (Å²) in [6.07, 6.45) is 0. The average molecular weight is 493 g/mol. The zero-order valence-corrected chi connectivity index (χ0v) is 20.5. The number of carbonyl (C=O) groups is 3. The predicted molar refractivity (Wildman–Crippen MR) is 132 cm³/mol. The van der Waals surface area contributed by atoms with Crippen LogP contribution in [0.5, 0.6) is 11.5 Å². The number of anilines is 1. The number of furan rings is 1. The molecule has 36 heavy (non-hydrogen) atoms. The fourth-order valence-electron chi connectivity index (χ4n) is 3.83. The second-order valence-electron chi connectivity index (χ2n) is 8.45. The van der Waals surface area contributed by atoms with Crippen molar-refractivity contribution in [2.24, 2.45) is 0 Å². The summed E-state index contributed by atoms with van der Waals surface area (Å²) in [5.74, 6) is 0.781. The van der Waals surface area contributed by atoms with Crippen molar-refractivity contribution < 1.29 is 33.0 Å². The highest BCUT2D eigenvalue weighted by Gasteiger charge is 2.28. The van der Waals surface area contributed by atoms with Crippen molar-refractivity contribution in [2.45, 2.75) is 20.4 Å². The fourth-order valence-corrected chi connectivity index (χ4v) is 3.83. The van der Waals surface area contributed by atoms with Crippen molar-refractivity contribution in [3.63, 3.8) is 0 Å². The maximum atomic E-state index is 12.9. The lowest BCUT2D eigenvalue weighted by atomic mass is 10.1. The molecule has 1 aliphatic heterocycles. The summed E-state index contributed by atoms with van der Waals surface area (Å²) in [6, 6.07) is 13.9. The molecule has 2 amide bonds. The first-order chi connectivity index (χ1) is 17.4. The van der Waals surface area contributed by atoms with Gasteiger partial charge in [0.2, 0.25) is 0 Å². The zero-order valence-electron chi connectivity index (χ0n) is 20.5. The third-order valence-electron chi connectivity index (χ3n) is 5.70. The van der Waals surface area contributed by atoms with Crippen molar-refractivity contribution in [1.82, 2.24) is 5.32 Å². The number of hydrogen-bond donors (Lipinski definition) is 1. The van der Waals surface area contributed by atoms with Crippen LogP contribution in [0.1, 0.15) is 37.8 Å². The minimum absolute atomic E-state index is 0.0806. The van der Waals surface area contributed by atoms with E-state index >= 15 is 0 Å². The standard InChI is InChI=1S/C27H28N2O7/c1-17-4-7-23(18(2)12-17)34-15-22(30)19-5-8-24-21(13-19)29(26(31)16-35-24)14-20-6-9-25(36-20)27(32)28-10-11-33-3/h4-9,12-13H,10-11,14-16H2,1-3H3,(H,28,32). The normalized spacial score (nSPS) is 12.6. The van der Waals surface area contributed by atoms with Crippen molar-refractivity contribution in [3.05, 3.63) is 76.7 Å². The van der Waals surface area contributed by atoms with Gasteiger partial charge in [-0.2, -0.15) is 0 Å². The van der Waals surface area contributed by atoms with E-state index < -0.39 is 0 Å². The second kappa shape index (κ2) is 11.1. The van der Waals surface area contributed by atoms with Gasteiger partial charge in [-0.15, -0.1) is 0 Å². The third kappa shape index (κ3) is 5.75. The molecule has 0 aliphatic carbocycles. The summed E-state index contributed by atoms with van der Waals surface area (Å²) in [5.41, 5.74) is 2.90. The molecule has 2 heterocycles. The molecular formula is C27H28N2O7. The minimum Gasteiger partial charge on any atom is -0.485 e. The van der Waals surface area contributed by atoms with Crippen molar-refractivity contribution in [1.29, 1.82) is 0 Å². The number of hydrogen-bond acceptors (Lipinski definition) is 7. The van der Waals surface area contributed by atoms with Crippen LogP contribution >= 0.6 is 0 Å². The first kappa shape index (κ1) is 25.0. The zero-order chi connectivity index (χ0) is 25.7. The number of ether oxygens (including phenoxy) is 3. The van der Waals surface area contributed by atoms with Crippen LogP contribution in [0.3, 0.4) is 0 Å². The Balaban J connectivity index is 1.47. The third-order valence-corrected chi connectivity index (χ3v) is 5.70. The van der Waals surface area contributed by atoms with Crippen LogP contribution in [-0.2, 0) is 16.1 Å². The number of fused-ring (bicyclic) bond motifs is 1. The quantitative estimate of drug-likeness (QED) is 0.341. The van der Waals surface area contributed by atoms with E-state index in [1.165, 1.54) is 4.90 Å². The number of amides is 2. The second-order valence-corrected chi connectivity index (χ2v) is 8.45. The van der Waals surface area contributed by atoms with Gasteiger partial charge >= 0.3 is 0 Å². The number of Topliss-reactive ketones (excluding diaryl/α,β-unsaturated/α-hetero) is 1. The average Bonchev–Trinajstić information content (AvgIpc) is 3.34. The van der Waals surface area contributed by atoms with Gasteiger partial charge in [0.05, 0.1) is 18.8 Å². The van der Waals surface area contributed by atoms with Gasteiger partial charge in [-0.3, -0.25) is 19.3 Å². The van der Waals surface area contributed by atoms with Crippen molar-refractivity contribution in [3.8, 4) is 11.5 Å².